The Morgan fingerprint density at radius 1 is 1.03 bits per heavy atom. The van der Waals surface area contributed by atoms with Crippen LogP contribution in [0.15, 0.2) is 40.9 Å². The van der Waals surface area contributed by atoms with Crippen molar-refractivity contribution < 1.29 is 23.5 Å². The van der Waals surface area contributed by atoms with E-state index in [1.165, 1.54) is 24.0 Å². The monoisotopic (exact) mass is 408 g/mol. The molecule has 0 radical (unpaired) electrons. The van der Waals surface area contributed by atoms with E-state index in [9.17, 15) is 4.79 Å². The molecule has 0 aliphatic heterocycles. The lowest BCUT2D eigenvalue weighted by molar-refractivity contribution is -0.144. The largest absolute Gasteiger partial charge is 0.497 e. The maximum Gasteiger partial charge on any atom is 0.310 e. The van der Waals surface area contributed by atoms with Gasteiger partial charge in [0, 0.05) is 6.07 Å². The highest BCUT2D eigenvalue weighted by Gasteiger charge is 2.16. The molecule has 0 spiro atoms. The second-order valence-electron chi connectivity index (χ2n) is 7.23. The van der Waals surface area contributed by atoms with Gasteiger partial charge in [-0.2, -0.15) is 4.98 Å². The van der Waals surface area contributed by atoms with Gasteiger partial charge in [-0.1, -0.05) is 23.4 Å². The second kappa shape index (κ2) is 8.98. The van der Waals surface area contributed by atoms with Crippen LogP contribution in [-0.2, 0) is 35.4 Å². The molecule has 1 heterocycles. The first-order chi connectivity index (χ1) is 14.7. The molecule has 2 aromatic carbocycles. The Balaban J connectivity index is 1.37. The molecular formula is C23H24N2O5. The van der Waals surface area contributed by atoms with Crippen LogP contribution in [0.1, 0.15) is 35.4 Å². The summed E-state index contributed by atoms with van der Waals surface area (Å²) in [4.78, 5) is 16.6. The fraction of sp³-hybridized carbons (Fsp3) is 0.348. The first-order valence-electron chi connectivity index (χ1n) is 9.97. The van der Waals surface area contributed by atoms with Crippen molar-refractivity contribution in [3.8, 4) is 22.9 Å². The Morgan fingerprint density at radius 2 is 1.87 bits per heavy atom. The maximum absolute atomic E-state index is 12.3. The summed E-state index contributed by atoms with van der Waals surface area (Å²) < 4.78 is 21.1. The number of aromatic nitrogens is 2. The van der Waals surface area contributed by atoms with Crippen molar-refractivity contribution in [3.05, 3.63) is 59.0 Å². The second-order valence-corrected chi connectivity index (χ2v) is 7.23. The third kappa shape index (κ3) is 4.45. The lowest BCUT2D eigenvalue weighted by atomic mass is 9.90. The Kier molecular flexibility index (Phi) is 5.97. The summed E-state index contributed by atoms with van der Waals surface area (Å²) in [6.07, 6.45) is 4.87. The zero-order valence-electron chi connectivity index (χ0n) is 17.1. The van der Waals surface area contributed by atoms with Gasteiger partial charge >= 0.3 is 5.97 Å². The summed E-state index contributed by atoms with van der Waals surface area (Å²) in [5, 5.41) is 3.96. The number of hydrogen-bond donors (Lipinski definition) is 0. The van der Waals surface area contributed by atoms with E-state index in [0.29, 0.717) is 22.9 Å². The molecule has 0 fully saturated rings. The molecule has 1 aromatic heterocycles. The van der Waals surface area contributed by atoms with Crippen LogP contribution in [0.5, 0.6) is 11.5 Å². The van der Waals surface area contributed by atoms with Crippen LogP contribution < -0.4 is 9.47 Å². The molecule has 30 heavy (non-hydrogen) atoms. The molecule has 7 nitrogen and oxygen atoms in total. The van der Waals surface area contributed by atoms with E-state index in [1.807, 2.05) is 6.07 Å². The maximum atomic E-state index is 12.3. The average Bonchev–Trinajstić information content (AvgIpc) is 3.26. The van der Waals surface area contributed by atoms with Crippen molar-refractivity contribution in [2.45, 2.75) is 38.7 Å². The third-order valence-electron chi connectivity index (χ3n) is 5.24. The van der Waals surface area contributed by atoms with Crippen molar-refractivity contribution in [2.75, 3.05) is 14.2 Å². The lowest BCUT2D eigenvalue weighted by Crippen LogP contribution is -2.10. The van der Waals surface area contributed by atoms with Crippen LogP contribution in [-0.4, -0.2) is 30.3 Å². The van der Waals surface area contributed by atoms with Crippen molar-refractivity contribution >= 4 is 5.97 Å². The number of aryl methyl sites for hydroxylation is 2. The first kappa shape index (κ1) is 19.9. The fourth-order valence-electron chi connectivity index (χ4n) is 3.66. The summed E-state index contributed by atoms with van der Waals surface area (Å²) >= 11 is 0. The third-order valence-corrected chi connectivity index (χ3v) is 5.24. The summed E-state index contributed by atoms with van der Waals surface area (Å²) in [6, 6.07) is 11.6. The topological polar surface area (TPSA) is 83.7 Å². The normalized spacial score (nSPS) is 12.9. The highest BCUT2D eigenvalue weighted by Crippen LogP contribution is 2.31. The van der Waals surface area contributed by atoms with Gasteiger partial charge in [-0.3, -0.25) is 4.79 Å². The average molecular weight is 408 g/mol. The molecule has 1 aliphatic carbocycles. The summed E-state index contributed by atoms with van der Waals surface area (Å²) in [6.45, 7) is -0.0742. The molecule has 156 valence electrons. The molecule has 3 aromatic rings. The SMILES string of the molecule is COc1ccc(-c2noc(COC(=O)Cc3ccc4c(c3)CCCC4)n2)c(OC)c1. The van der Waals surface area contributed by atoms with Crippen molar-refractivity contribution in [1.82, 2.24) is 10.1 Å². The van der Waals surface area contributed by atoms with Crippen LogP contribution in [0.3, 0.4) is 0 Å². The van der Waals surface area contributed by atoms with E-state index in [-0.39, 0.29) is 24.9 Å². The van der Waals surface area contributed by atoms with E-state index in [2.05, 4.69) is 22.3 Å². The smallest absolute Gasteiger partial charge is 0.310 e. The zero-order chi connectivity index (χ0) is 20.9. The Hall–Kier alpha value is -3.35. The van der Waals surface area contributed by atoms with Crippen LogP contribution in [0.2, 0.25) is 0 Å². The Morgan fingerprint density at radius 3 is 2.67 bits per heavy atom. The quantitative estimate of drug-likeness (QED) is 0.548. The molecule has 0 bridgehead atoms. The minimum absolute atomic E-state index is 0.0742. The van der Waals surface area contributed by atoms with Crippen LogP contribution in [0.4, 0.5) is 0 Å². The molecule has 0 amide bonds. The van der Waals surface area contributed by atoms with E-state index in [0.717, 1.165) is 18.4 Å². The van der Waals surface area contributed by atoms with Crippen molar-refractivity contribution in [3.63, 3.8) is 0 Å². The fourth-order valence-corrected chi connectivity index (χ4v) is 3.66. The van der Waals surface area contributed by atoms with Crippen LogP contribution >= 0.6 is 0 Å². The van der Waals surface area contributed by atoms with Gasteiger partial charge in [0.15, 0.2) is 6.61 Å². The number of ether oxygens (including phenoxy) is 3. The summed E-state index contributed by atoms with van der Waals surface area (Å²) in [5.74, 6) is 1.48. The molecule has 0 N–H and O–H groups in total. The number of fused-ring (bicyclic) bond motifs is 1. The van der Waals surface area contributed by atoms with Gasteiger partial charge < -0.3 is 18.7 Å². The summed E-state index contributed by atoms with van der Waals surface area (Å²) in [5.41, 5.74) is 4.37. The van der Waals surface area contributed by atoms with Crippen molar-refractivity contribution in [1.29, 1.82) is 0 Å². The van der Waals surface area contributed by atoms with Gasteiger partial charge in [0.2, 0.25) is 5.82 Å². The molecular weight excluding hydrogens is 384 g/mol. The zero-order valence-corrected chi connectivity index (χ0v) is 17.1. The van der Waals surface area contributed by atoms with Gasteiger partial charge in [-0.05, 0) is 54.5 Å². The van der Waals surface area contributed by atoms with Crippen LogP contribution in [0.25, 0.3) is 11.4 Å². The van der Waals surface area contributed by atoms with E-state index >= 15 is 0 Å². The molecule has 0 saturated carbocycles. The number of carbonyl (C=O) groups is 1. The van der Waals surface area contributed by atoms with Gasteiger partial charge in [0.05, 0.1) is 26.2 Å². The van der Waals surface area contributed by atoms with Gasteiger partial charge in [-0.15, -0.1) is 0 Å². The predicted molar refractivity (Wildman–Crippen MR) is 109 cm³/mol. The molecule has 0 atom stereocenters. The number of benzene rings is 2. The molecule has 0 saturated heterocycles. The number of hydrogen-bond acceptors (Lipinski definition) is 7. The van der Waals surface area contributed by atoms with Crippen LogP contribution in [0, 0.1) is 0 Å². The minimum atomic E-state index is -0.326. The number of methoxy groups -OCH3 is 2. The Labute approximate surface area is 175 Å². The van der Waals surface area contributed by atoms with E-state index in [4.69, 9.17) is 18.7 Å². The molecule has 7 heteroatoms. The number of esters is 1. The highest BCUT2D eigenvalue weighted by atomic mass is 16.6. The molecule has 4 rings (SSSR count). The van der Waals surface area contributed by atoms with Crippen molar-refractivity contribution in [2.24, 2.45) is 0 Å². The van der Waals surface area contributed by atoms with Gasteiger partial charge in [-0.25, -0.2) is 0 Å². The Bertz CT molecular complexity index is 1040. The highest BCUT2D eigenvalue weighted by molar-refractivity contribution is 5.72. The minimum Gasteiger partial charge on any atom is -0.497 e. The number of carbonyl (C=O) groups excluding carboxylic acids is 1. The van der Waals surface area contributed by atoms with Gasteiger partial charge in [0.1, 0.15) is 11.5 Å². The standard InChI is InChI=1S/C23H24N2O5/c1-27-18-9-10-19(20(13-18)28-2)23-24-21(30-25-23)14-29-22(26)12-15-7-8-16-5-3-4-6-17(16)11-15/h7-11,13H,3-6,12,14H2,1-2H3. The number of rotatable bonds is 7. The summed E-state index contributed by atoms with van der Waals surface area (Å²) in [7, 11) is 3.14. The molecule has 0 unspecified atom stereocenters. The number of nitrogens with zero attached hydrogens (tertiary/aromatic N) is 2. The van der Waals surface area contributed by atoms with E-state index in [1.54, 1.807) is 32.4 Å². The lowest BCUT2D eigenvalue weighted by Gasteiger charge is -2.16. The molecule has 1 aliphatic rings. The van der Waals surface area contributed by atoms with Gasteiger partial charge in [0.25, 0.3) is 5.89 Å². The predicted octanol–water partition coefficient (Wildman–Crippen LogP) is 3.92. The first-order valence-corrected chi connectivity index (χ1v) is 9.97. The van der Waals surface area contributed by atoms with E-state index < -0.39 is 0 Å².